The van der Waals surface area contributed by atoms with E-state index < -0.39 is 10.0 Å². The summed E-state index contributed by atoms with van der Waals surface area (Å²) in [7, 11) is -0.854. The molecule has 0 aliphatic carbocycles. The molecule has 1 N–H and O–H groups in total. The maximum atomic E-state index is 12.5. The molecule has 2 rings (SSSR count). The first-order valence-corrected chi connectivity index (χ1v) is 9.88. The summed E-state index contributed by atoms with van der Waals surface area (Å²) in [5.41, 5.74) is 1.98. The van der Waals surface area contributed by atoms with E-state index in [2.05, 4.69) is 26.1 Å². The Morgan fingerprint density at radius 3 is 2.12 bits per heavy atom. The zero-order valence-electron chi connectivity index (χ0n) is 15.5. The quantitative estimate of drug-likeness (QED) is 0.847. The lowest BCUT2D eigenvalue weighted by Crippen LogP contribution is -2.23. The molecule has 140 valence electrons. The molecule has 0 heterocycles. The van der Waals surface area contributed by atoms with Gasteiger partial charge in [0.2, 0.25) is 10.0 Å². The van der Waals surface area contributed by atoms with Crippen molar-refractivity contribution in [2.24, 2.45) is 0 Å². The molecule has 0 aliphatic rings. The van der Waals surface area contributed by atoms with Gasteiger partial charge in [0.05, 0.1) is 5.02 Å². The number of sulfonamides is 1. The molecule has 0 aliphatic heterocycles. The number of amides is 1. The number of rotatable bonds is 4. The van der Waals surface area contributed by atoms with Crippen LogP contribution in [-0.4, -0.2) is 32.7 Å². The van der Waals surface area contributed by atoms with Crippen molar-refractivity contribution >= 4 is 33.2 Å². The smallest absolute Gasteiger partial charge is 0.255 e. The van der Waals surface area contributed by atoms with Crippen molar-refractivity contribution in [3.8, 4) is 0 Å². The highest BCUT2D eigenvalue weighted by atomic mass is 35.5. The molecular formula is C19H23ClN2O3S. The molecule has 0 atom stereocenters. The van der Waals surface area contributed by atoms with Gasteiger partial charge in [-0.05, 0) is 41.3 Å². The molecular weight excluding hydrogens is 372 g/mol. The molecule has 7 heteroatoms. The van der Waals surface area contributed by atoms with Crippen LogP contribution in [0.15, 0.2) is 47.4 Å². The van der Waals surface area contributed by atoms with Crippen LogP contribution in [0.5, 0.6) is 0 Å². The van der Waals surface area contributed by atoms with Gasteiger partial charge in [-0.1, -0.05) is 44.5 Å². The van der Waals surface area contributed by atoms with Gasteiger partial charge in [-0.15, -0.1) is 0 Å². The standard InChI is InChI=1S/C19H23ClN2O3S/c1-19(2,3)14-8-6-13(7-9-14)18(23)21-15-10-11-16(20)17(12-15)26(24,25)22(4)5/h6-12H,1-5H3,(H,21,23). The lowest BCUT2D eigenvalue weighted by Gasteiger charge is -2.19. The monoisotopic (exact) mass is 394 g/mol. The van der Waals surface area contributed by atoms with E-state index in [9.17, 15) is 13.2 Å². The Kier molecular flexibility index (Phi) is 5.80. The average Bonchev–Trinajstić information content (AvgIpc) is 2.55. The predicted octanol–water partition coefficient (Wildman–Crippen LogP) is 4.14. The van der Waals surface area contributed by atoms with Crippen LogP contribution in [0.25, 0.3) is 0 Å². The van der Waals surface area contributed by atoms with Crippen LogP contribution in [-0.2, 0) is 15.4 Å². The first-order chi connectivity index (χ1) is 11.9. The molecule has 0 unspecified atom stereocenters. The van der Waals surface area contributed by atoms with E-state index in [1.807, 2.05) is 12.1 Å². The van der Waals surface area contributed by atoms with Crippen LogP contribution in [0.4, 0.5) is 5.69 Å². The Bertz CT molecular complexity index is 915. The summed E-state index contributed by atoms with van der Waals surface area (Å²) in [4.78, 5) is 12.4. The zero-order valence-corrected chi connectivity index (χ0v) is 17.1. The summed E-state index contributed by atoms with van der Waals surface area (Å²) in [5.74, 6) is -0.319. The third kappa shape index (κ3) is 4.44. The second-order valence-corrected chi connectivity index (χ2v) is 9.74. The highest BCUT2D eigenvalue weighted by molar-refractivity contribution is 7.89. The number of benzene rings is 2. The Hall–Kier alpha value is -1.89. The molecule has 0 spiro atoms. The Balaban J connectivity index is 2.27. The van der Waals surface area contributed by atoms with Gasteiger partial charge in [-0.2, -0.15) is 0 Å². The van der Waals surface area contributed by atoms with Crippen molar-refractivity contribution in [2.75, 3.05) is 19.4 Å². The highest BCUT2D eigenvalue weighted by Crippen LogP contribution is 2.27. The first-order valence-electron chi connectivity index (χ1n) is 8.07. The number of anilines is 1. The molecule has 2 aromatic carbocycles. The topological polar surface area (TPSA) is 66.5 Å². The fourth-order valence-electron chi connectivity index (χ4n) is 2.30. The Labute approximate surface area is 160 Å². The van der Waals surface area contributed by atoms with E-state index >= 15 is 0 Å². The maximum Gasteiger partial charge on any atom is 0.255 e. The number of hydrogen-bond acceptors (Lipinski definition) is 3. The second kappa shape index (κ2) is 7.39. The molecule has 0 saturated carbocycles. The first kappa shape index (κ1) is 20.4. The van der Waals surface area contributed by atoms with Crippen molar-refractivity contribution in [1.29, 1.82) is 0 Å². The third-order valence-corrected chi connectivity index (χ3v) is 6.26. The van der Waals surface area contributed by atoms with Crippen LogP contribution < -0.4 is 5.32 Å². The molecule has 0 radical (unpaired) electrons. The second-order valence-electron chi connectivity index (χ2n) is 7.21. The van der Waals surface area contributed by atoms with E-state index in [1.165, 1.54) is 26.2 Å². The molecule has 0 aromatic heterocycles. The zero-order chi connectivity index (χ0) is 19.7. The summed E-state index contributed by atoms with van der Waals surface area (Å²) < 4.78 is 25.7. The van der Waals surface area contributed by atoms with Gasteiger partial charge >= 0.3 is 0 Å². The predicted molar refractivity (Wildman–Crippen MR) is 105 cm³/mol. The summed E-state index contributed by atoms with van der Waals surface area (Å²) in [6.07, 6.45) is 0. The van der Waals surface area contributed by atoms with E-state index in [-0.39, 0.29) is 21.2 Å². The number of halogens is 1. The summed E-state index contributed by atoms with van der Waals surface area (Å²) in [6.45, 7) is 6.30. The number of carbonyl (C=O) groups excluding carboxylic acids is 1. The molecule has 2 aromatic rings. The molecule has 26 heavy (non-hydrogen) atoms. The van der Waals surface area contributed by atoms with Crippen LogP contribution in [0.1, 0.15) is 36.7 Å². The minimum atomic E-state index is -3.70. The van der Waals surface area contributed by atoms with Crippen molar-refractivity contribution in [1.82, 2.24) is 4.31 Å². The largest absolute Gasteiger partial charge is 0.322 e. The van der Waals surface area contributed by atoms with Gasteiger partial charge in [0.1, 0.15) is 4.90 Å². The Morgan fingerprint density at radius 2 is 1.62 bits per heavy atom. The van der Waals surface area contributed by atoms with E-state index in [1.54, 1.807) is 18.2 Å². The van der Waals surface area contributed by atoms with Crippen molar-refractivity contribution in [3.05, 3.63) is 58.6 Å². The minimum absolute atomic E-state index is 0.000620. The van der Waals surface area contributed by atoms with Crippen LogP contribution in [0, 0.1) is 0 Å². The van der Waals surface area contributed by atoms with Crippen LogP contribution >= 0.6 is 11.6 Å². The fourth-order valence-corrected chi connectivity index (χ4v) is 3.69. The van der Waals surface area contributed by atoms with E-state index in [0.717, 1.165) is 9.87 Å². The van der Waals surface area contributed by atoms with Crippen molar-refractivity contribution in [2.45, 2.75) is 31.1 Å². The lowest BCUT2D eigenvalue weighted by atomic mass is 9.87. The van der Waals surface area contributed by atoms with Gasteiger partial charge in [-0.25, -0.2) is 12.7 Å². The highest BCUT2D eigenvalue weighted by Gasteiger charge is 2.21. The minimum Gasteiger partial charge on any atom is -0.322 e. The van der Waals surface area contributed by atoms with Crippen LogP contribution in [0.3, 0.4) is 0 Å². The van der Waals surface area contributed by atoms with Gasteiger partial charge in [0.15, 0.2) is 0 Å². The fraction of sp³-hybridized carbons (Fsp3) is 0.316. The molecule has 0 fully saturated rings. The van der Waals surface area contributed by atoms with Gasteiger partial charge in [0, 0.05) is 25.3 Å². The average molecular weight is 395 g/mol. The number of nitrogens with zero attached hydrogens (tertiary/aromatic N) is 1. The normalized spacial score (nSPS) is 12.3. The van der Waals surface area contributed by atoms with Gasteiger partial charge < -0.3 is 5.32 Å². The van der Waals surface area contributed by atoms with Crippen molar-refractivity contribution < 1.29 is 13.2 Å². The van der Waals surface area contributed by atoms with Gasteiger partial charge in [-0.3, -0.25) is 4.79 Å². The number of carbonyl (C=O) groups is 1. The van der Waals surface area contributed by atoms with Crippen LogP contribution in [0.2, 0.25) is 5.02 Å². The third-order valence-electron chi connectivity index (χ3n) is 3.96. The maximum absolute atomic E-state index is 12.5. The summed E-state index contributed by atoms with van der Waals surface area (Å²) in [5, 5.41) is 2.82. The summed E-state index contributed by atoms with van der Waals surface area (Å²) >= 11 is 6.02. The lowest BCUT2D eigenvalue weighted by molar-refractivity contribution is 0.102. The molecule has 5 nitrogen and oxygen atoms in total. The summed E-state index contributed by atoms with van der Waals surface area (Å²) in [6, 6.07) is 11.7. The Morgan fingerprint density at radius 1 is 1.04 bits per heavy atom. The van der Waals surface area contributed by atoms with Crippen molar-refractivity contribution in [3.63, 3.8) is 0 Å². The molecule has 1 amide bonds. The number of nitrogens with one attached hydrogen (secondary N) is 1. The SMILES string of the molecule is CN(C)S(=O)(=O)c1cc(NC(=O)c2ccc(C(C)(C)C)cc2)ccc1Cl. The number of hydrogen-bond donors (Lipinski definition) is 1. The van der Waals surface area contributed by atoms with E-state index in [4.69, 9.17) is 11.6 Å². The van der Waals surface area contributed by atoms with E-state index in [0.29, 0.717) is 11.3 Å². The molecule has 0 saturated heterocycles. The van der Waals surface area contributed by atoms with Gasteiger partial charge in [0.25, 0.3) is 5.91 Å². The molecule has 0 bridgehead atoms.